The molecule has 0 spiro atoms. The second-order valence-corrected chi connectivity index (χ2v) is 24.9. The first-order valence-electron chi connectivity index (χ1n) is 32.9. The fourth-order valence-corrected chi connectivity index (χ4v) is 12.8. The first kappa shape index (κ1) is 67.2. The number of carboxylic acids is 1. The van der Waals surface area contributed by atoms with E-state index in [1.54, 1.807) is 18.2 Å². The fourth-order valence-electron chi connectivity index (χ4n) is 12.8. The number of hydrogen-bond donors (Lipinski definition) is 1. The van der Waals surface area contributed by atoms with Gasteiger partial charge in [0, 0.05) is 5.56 Å². The zero-order valence-corrected chi connectivity index (χ0v) is 53.7. The van der Waals surface area contributed by atoms with Crippen LogP contribution in [0.4, 0.5) is 0 Å². The van der Waals surface area contributed by atoms with Crippen LogP contribution in [0.5, 0.6) is 0 Å². The lowest BCUT2D eigenvalue weighted by Gasteiger charge is -2.49. The first-order valence-corrected chi connectivity index (χ1v) is 32.9. The summed E-state index contributed by atoms with van der Waals surface area (Å²) in [5, 5.41) is 10.3. The molecule has 0 aliphatic carbocycles. The number of hydrogen-bond acceptors (Lipinski definition) is 17. The van der Waals surface area contributed by atoms with Crippen LogP contribution in [0.3, 0.4) is 0 Å². The molecule has 13 rings (SSSR count). The Kier molecular flexibility index (Phi) is 22.9. The van der Waals surface area contributed by atoms with Crippen molar-refractivity contribution in [1.82, 2.24) is 0 Å². The van der Waals surface area contributed by atoms with Crippen LogP contribution in [-0.4, -0.2) is 129 Å². The number of fused-ring (bicyclic) bond motifs is 1. The van der Waals surface area contributed by atoms with Gasteiger partial charge in [0.25, 0.3) is 0 Å². The minimum atomic E-state index is -1.34. The minimum absolute atomic E-state index is 0.0466. The molecule has 18 nitrogen and oxygen atoms in total. The first-order chi connectivity index (χ1) is 47.1. The molecule has 96 heavy (non-hydrogen) atoms. The van der Waals surface area contributed by atoms with Crippen molar-refractivity contribution in [3.05, 3.63) is 287 Å². The highest BCUT2D eigenvalue weighted by Crippen LogP contribution is 2.44. The number of ether oxygens (including phenoxy) is 16. The van der Waals surface area contributed by atoms with E-state index in [4.69, 9.17) is 75.8 Å². The monoisotopic (exact) mass is 1310 g/mol. The van der Waals surface area contributed by atoms with Crippen molar-refractivity contribution in [2.75, 3.05) is 19.8 Å². The topological polar surface area (TPSA) is 185 Å². The summed E-state index contributed by atoms with van der Waals surface area (Å²) in [6, 6.07) is 75.7. The van der Waals surface area contributed by atoms with Gasteiger partial charge in [0.1, 0.15) is 73.2 Å². The normalized spacial score (nSPS) is 28.0. The molecule has 18 heteroatoms. The third-order valence-electron chi connectivity index (χ3n) is 17.6. The molecule has 5 aliphatic heterocycles. The third kappa shape index (κ3) is 17.3. The lowest BCUT2D eigenvalue weighted by atomic mass is 9.96. The Morgan fingerprint density at radius 2 is 0.896 bits per heavy atom. The highest BCUT2D eigenvalue weighted by molar-refractivity contribution is 5.89. The van der Waals surface area contributed by atoms with E-state index in [2.05, 4.69) is 0 Å². The lowest BCUT2D eigenvalue weighted by molar-refractivity contribution is -0.388. The maximum atomic E-state index is 12.6. The number of aromatic carboxylic acids is 1. The summed E-state index contributed by atoms with van der Waals surface area (Å²) < 4.78 is 113. The van der Waals surface area contributed by atoms with Crippen molar-refractivity contribution in [3.63, 3.8) is 0 Å². The maximum absolute atomic E-state index is 12.6. The second kappa shape index (κ2) is 32.8. The summed E-state index contributed by atoms with van der Waals surface area (Å²) in [4.78, 5) is 12.6. The average Bonchev–Trinajstić information content (AvgIpc) is 1.40. The fraction of sp³-hybridized carbons (Fsp3) is 0.372. The van der Waals surface area contributed by atoms with Crippen LogP contribution >= 0.6 is 0 Å². The van der Waals surface area contributed by atoms with Gasteiger partial charge in [-0.1, -0.05) is 231 Å². The van der Waals surface area contributed by atoms with Gasteiger partial charge in [-0.3, -0.25) is 0 Å². The van der Waals surface area contributed by atoms with E-state index in [-0.39, 0.29) is 65.0 Å². The molecule has 0 bridgehead atoms. The van der Waals surface area contributed by atoms with Crippen LogP contribution < -0.4 is 0 Å². The largest absolute Gasteiger partial charge is 0.478 e. The number of benzene rings is 8. The van der Waals surface area contributed by atoms with Crippen LogP contribution in [0.15, 0.2) is 237 Å². The number of carbonyl (C=O) groups is 1. The third-order valence-corrected chi connectivity index (χ3v) is 17.6. The number of carboxylic acid groups (broad SMARTS) is 1. The van der Waals surface area contributed by atoms with Gasteiger partial charge in [-0.15, -0.1) is 0 Å². The van der Waals surface area contributed by atoms with Crippen LogP contribution in [0.1, 0.15) is 75.0 Å². The molecule has 5 heterocycles. The van der Waals surface area contributed by atoms with Crippen molar-refractivity contribution >= 4 is 5.97 Å². The number of rotatable bonds is 30. The van der Waals surface area contributed by atoms with Crippen molar-refractivity contribution in [3.8, 4) is 0 Å². The van der Waals surface area contributed by atoms with Gasteiger partial charge in [-0.05, 0) is 58.9 Å². The Morgan fingerprint density at radius 1 is 0.438 bits per heavy atom. The molecule has 5 saturated heterocycles. The van der Waals surface area contributed by atoms with E-state index in [0.29, 0.717) is 12.2 Å². The van der Waals surface area contributed by atoms with Gasteiger partial charge in [-0.25, -0.2) is 4.79 Å². The predicted octanol–water partition coefficient (Wildman–Crippen LogP) is 12.3. The molecule has 5 aliphatic rings. The molecule has 1 N–H and O–H groups in total. The smallest absolute Gasteiger partial charge is 0.336 e. The predicted molar refractivity (Wildman–Crippen MR) is 350 cm³/mol. The van der Waals surface area contributed by atoms with Gasteiger partial charge in [0.15, 0.2) is 30.9 Å². The van der Waals surface area contributed by atoms with Gasteiger partial charge in [-0.2, -0.15) is 0 Å². The molecular weight excluding hydrogens is 1220 g/mol. The SMILES string of the molecule is CC1(C)OC[C@H]([C@@H]2O[C@@H](O[C@H]3[C@H]4O[C@@H](c5ccccc5)OC[C@H]4O[C@@H](OCc4ccccc4C(=O)O)[C@@H]3OCc3ccccc3)[C@H](O[C@H]3O[C@@H]([C@@H](COCc4ccccc4)OCc4ccccc4)[C@H](OCc4ccccc4)[C@H]3OCc3ccccc3)[C@H]2OCc2ccccc2)O1. The van der Waals surface area contributed by atoms with Crippen molar-refractivity contribution in [2.24, 2.45) is 0 Å². The van der Waals surface area contributed by atoms with Crippen molar-refractivity contribution < 1.29 is 85.7 Å². The van der Waals surface area contributed by atoms with Gasteiger partial charge < -0.3 is 80.9 Å². The molecule has 0 radical (unpaired) electrons. The highest BCUT2D eigenvalue weighted by atomic mass is 16.8. The summed E-state index contributed by atoms with van der Waals surface area (Å²) in [5.74, 6) is -2.10. The van der Waals surface area contributed by atoms with E-state index >= 15 is 0 Å². The molecule has 0 amide bonds. The van der Waals surface area contributed by atoms with E-state index in [0.717, 1.165) is 38.9 Å². The van der Waals surface area contributed by atoms with Gasteiger partial charge in [0.2, 0.25) is 0 Å². The minimum Gasteiger partial charge on any atom is -0.478 e. The summed E-state index contributed by atoms with van der Waals surface area (Å²) in [5.41, 5.74) is 6.79. The highest BCUT2D eigenvalue weighted by Gasteiger charge is 2.61. The summed E-state index contributed by atoms with van der Waals surface area (Å²) in [7, 11) is 0. The average molecular weight is 1310 g/mol. The zero-order chi connectivity index (χ0) is 65.5. The maximum Gasteiger partial charge on any atom is 0.336 e. The van der Waals surface area contributed by atoms with Crippen LogP contribution in [-0.2, 0) is 122 Å². The van der Waals surface area contributed by atoms with Crippen LogP contribution in [0.25, 0.3) is 0 Å². The quantitative estimate of drug-likeness (QED) is 0.0448. The van der Waals surface area contributed by atoms with E-state index in [1.807, 2.05) is 226 Å². The van der Waals surface area contributed by atoms with Crippen molar-refractivity contribution in [2.45, 2.75) is 164 Å². The molecule has 0 unspecified atom stereocenters. The lowest BCUT2D eigenvalue weighted by Crippen LogP contribution is -2.64. The van der Waals surface area contributed by atoms with E-state index < -0.39 is 110 Å². The molecule has 502 valence electrons. The van der Waals surface area contributed by atoms with Crippen LogP contribution in [0.2, 0.25) is 0 Å². The molecule has 16 atom stereocenters. The molecule has 8 aromatic carbocycles. The second-order valence-electron chi connectivity index (χ2n) is 24.9. The Balaban J connectivity index is 0.916. The Labute approximate surface area is 560 Å². The molecule has 0 saturated carbocycles. The van der Waals surface area contributed by atoms with E-state index in [9.17, 15) is 9.90 Å². The van der Waals surface area contributed by atoms with Crippen LogP contribution in [0, 0.1) is 0 Å². The molecule has 0 aromatic heterocycles. The molecular formula is C78H82O18. The summed E-state index contributed by atoms with van der Waals surface area (Å²) >= 11 is 0. The zero-order valence-electron chi connectivity index (χ0n) is 53.7. The molecule has 8 aromatic rings. The van der Waals surface area contributed by atoms with Gasteiger partial charge >= 0.3 is 5.97 Å². The summed E-state index contributed by atoms with van der Waals surface area (Å²) in [6.45, 7) is 4.93. The van der Waals surface area contributed by atoms with Gasteiger partial charge in [0.05, 0.1) is 71.6 Å². The van der Waals surface area contributed by atoms with E-state index in [1.165, 1.54) is 6.07 Å². The Bertz CT molecular complexity index is 3620. The standard InChI is InChI=1S/C78H82O18/c1-78(2)89-51-63(96-78)66-68(84-45-55-32-16-6-17-33-55)72(77(93-66)94-69-65-62(50-88-74(91-65)58-38-22-9-23-39-58)90-75(71(69)86-47-57-36-20-8-21-37-57)87-48-59-40-24-25-41-60(59)73(79)80)95-76-70(85-46-56-34-18-7-19-35-56)67(83-44-54-30-14-5-15-31-54)64(92-76)61(82-43-53-28-12-4-13-29-53)49-81-42-52-26-10-3-11-27-52/h3-41,61-72,74-77H,42-51H2,1-2H3,(H,79,80)/t61-,62-,63-,64+,65+,66+,67+,68+,69+,70-,71-,72-,74+,75-,76-,77+/m1/s1. The Morgan fingerprint density at radius 3 is 1.44 bits per heavy atom. The molecule has 5 fully saturated rings. The Hall–Kier alpha value is -7.41. The van der Waals surface area contributed by atoms with Crippen molar-refractivity contribution in [1.29, 1.82) is 0 Å². The summed E-state index contributed by atoms with van der Waals surface area (Å²) in [6.07, 6.45) is -15.8.